The molecule has 2 unspecified atom stereocenters. The average Bonchev–Trinajstić information content (AvgIpc) is 3.15. The van der Waals surface area contributed by atoms with Crippen LogP contribution in [0.5, 0.6) is 0 Å². The van der Waals surface area contributed by atoms with Gasteiger partial charge in [0.15, 0.2) is 0 Å². The van der Waals surface area contributed by atoms with E-state index >= 15 is 0 Å². The van der Waals surface area contributed by atoms with Crippen molar-refractivity contribution < 1.29 is 18.7 Å². The largest absolute Gasteiger partial charge is 0.376 e. The Morgan fingerprint density at radius 1 is 1.36 bits per heavy atom. The quantitative estimate of drug-likeness (QED) is 0.916. The third-order valence-electron chi connectivity index (χ3n) is 4.16. The minimum atomic E-state index is -0.362. The van der Waals surface area contributed by atoms with Crippen LogP contribution >= 0.6 is 0 Å². The van der Waals surface area contributed by atoms with E-state index in [-0.39, 0.29) is 36.1 Å². The molecule has 2 fully saturated rings. The highest BCUT2D eigenvalue weighted by molar-refractivity contribution is 6.00. The summed E-state index contributed by atoms with van der Waals surface area (Å²) in [4.78, 5) is 25.8. The molecule has 2 heterocycles. The molecule has 0 spiro atoms. The molecule has 2 saturated heterocycles. The van der Waals surface area contributed by atoms with Gasteiger partial charge in [0, 0.05) is 31.8 Å². The zero-order chi connectivity index (χ0) is 15.5. The van der Waals surface area contributed by atoms with Crippen LogP contribution in [0.2, 0.25) is 0 Å². The highest BCUT2D eigenvalue weighted by Crippen LogP contribution is 2.25. The monoisotopic (exact) mass is 306 g/mol. The van der Waals surface area contributed by atoms with Crippen LogP contribution in [0.1, 0.15) is 19.3 Å². The Labute approximate surface area is 128 Å². The number of rotatable bonds is 4. The Bertz CT molecular complexity index is 555. The highest BCUT2D eigenvalue weighted by Gasteiger charge is 2.35. The van der Waals surface area contributed by atoms with Gasteiger partial charge in [-0.3, -0.25) is 9.59 Å². The van der Waals surface area contributed by atoms with Gasteiger partial charge in [0.25, 0.3) is 0 Å². The second-order valence-electron chi connectivity index (χ2n) is 5.76. The van der Waals surface area contributed by atoms with Crippen molar-refractivity contribution in [1.29, 1.82) is 0 Å². The lowest BCUT2D eigenvalue weighted by Gasteiger charge is -2.17. The van der Waals surface area contributed by atoms with E-state index < -0.39 is 0 Å². The number of anilines is 1. The molecule has 2 aliphatic rings. The maximum atomic E-state index is 12.9. The molecule has 1 aromatic rings. The number of halogens is 1. The van der Waals surface area contributed by atoms with E-state index in [4.69, 9.17) is 4.74 Å². The molecule has 2 amide bonds. The first-order valence-corrected chi connectivity index (χ1v) is 7.59. The van der Waals surface area contributed by atoms with Crippen molar-refractivity contribution in [1.82, 2.24) is 5.32 Å². The molecular formula is C16H19FN2O3. The maximum absolute atomic E-state index is 12.9. The fourth-order valence-corrected chi connectivity index (χ4v) is 2.92. The van der Waals surface area contributed by atoms with Crippen molar-refractivity contribution in [3.8, 4) is 0 Å². The van der Waals surface area contributed by atoms with Crippen molar-refractivity contribution in [2.45, 2.75) is 25.4 Å². The molecule has 1 N–H and O–H groups in total. The number of amides is 2. The van der Waals surface area contributed by atoms with Crippen molar-refractivity contribution in [3.63, 3.8) is 0 Å². The van der Waals surface area contributed by atoms with Gasteiger partial charge in [-0.15, -0.1) is 0 Å². The SMILES string of the molecule is O=C(NCC1CCCO1)C1CC(=O)N(c2ccc(F)cc2)C1. The summed E-state index contributed by atoms with van der Waals surface area (Å²) in [6.45, 7) is 1.59. The van der Waals surface area contributed by atoms with Gasteiger partial charge >= 0.3 is 0 Å². The van der Waals surface area contributed by atoms with Crippen LogP contribution in [-0.4, -0.2) is 37.6 Å². The molecule has 0 aromatic heterocycles. The lowest BCUT2D eigenvalue weighted by Crippen LogP contribution is -2.37. The Kier molecular flexibility index (Phi) is 4.38. The van der Waals surface area contributed by atoms with Crippen LogP contribution in [0.25, 0.3) is 0 Å². The third kappa shape index (κ3) is 3.27. The number of nitrogens with zero attached hydrogens (tertiary/aromatic N) is 1. The van der Waals surface area contributed by atoms with Crippen LogP contribution in [0.15, 0.2) is 24.3 Å². The summed E-state index contributed by atoms with van der Waals surface area (Å²) in [5.41, 5.74) is 0.626. The minimum Gasteiger partial charge on any atom is -0.376 e. The van der Waals surface area contributed by atoms with E-state index in [2.05, 4.69) is 5.32 Å². The van der Waals surface area contributed by atoms with Gasteiger partial charge in [-0.2, -0.15) is 0 Å². The normalized spacial score (nSPS) is 24.8. The summed E-state index contributed by atoms with van der Waals surface area (Å²) in [6.07, 6.45) is 2.27. The zero-order valence-electron chi connectivity index (χ0n) is 12.3. The Balaban J connectivity index is 1.56. The zero-order valence-corrected chi connectivity index (χ0v) is 12.3. The number of carbonyl (C=O) groups is 2. The maximum Gasteiger partial charge on any atom is 0.227 e. The standard InChI is InChI=1S/C16H19FN2O3/c17-12-3-5-13(6-4-12)19-10-11(8-15(19)20)16(21)18-9-14-2-1-7-22-14/h3-6,11,14H,1-2,7-10H2,(H,18,21). The molecule has 22 heavy (non-hydrogen) atoms. The summed E-state index contributed by atoms with van der Waals surface area (Å²) < 4.78 is 18.4. The van der Waals surface area contributed by atoms with Gasteiger partial charge < -0.3 is 15.0 Å². The second kappa shape index (κ2) is 6.44. The number of benzene rings is 1. The molecule has 2 atom stereocenters. The van der Waals surface area contributed by atoms with E-state index in [0.717, 1.165) is 19.4 Å². The lowest BCUT2D eigenvalue weighted by molar-refractivity contribution is -0.126. The Morgan fingerprint density at radius 3 is 2.82 bits per heavy atom. The molecule has 0 aliphatic carbocycles. The number of hydrogen-bond acceptors (Lipinski definition) is 3. The van der Waals surface area contributed by atoms with Gasteiger partial charge in [-0.25, -0.2) is 4.39 Å². The molecule has 1 aromatic carbocycles. The van der Waals surface area contributed by atoms with Gasteiger partial charge in [0.1, 0.15) is 5.82 Å². The highest BCUT2D eigenvalue weighted by atomic mass is 19.1. The molecule has 118 valence electrons. The van der Waals surface area contributed by atoms with E-state index in [0.29, 0.717) is 18.8 Å². The lowest BCUT2D eigenvalue weighted by atomic mass is 10.1. The third-order valence-corrected chi connectivity index (χ3v) is 4.16. The van der Waals surface area contributed by atoms with E-state index in [9.17, 15) is 14.0 Å². The first-order valence-electron chi connectivity index (χ1n) is 7.59. The smallest absolute Gasteiger partial charge is 0.227 e. The van der Waals surface area contributed by atoms with Crippen molar-refractivity contribution in [2.75, 3.05) is 24.6 Å². The summed E-state index contributed by atoms with van der Waals surface area (Å²) in [6, 6.07) is 5.74. The Morgan fingerprint density at radius 2 is 2.14 bits per heavy atom. The minimum absolute atomic E-state index is 0.0919. The van der Waals surface area contributed by atoms with Crippen LogP contribution in [-0.2, 0) is 14.3 Å². The molecule has 0 bridgehead atoms. The average molecular weight is 306 g/mol. The first kappa shape index (κ1) is 15.0. The number of ether oxygens (including phenoxy) is 1. The molecule has 6 heteroatoms. The fraction of sp³-hybridized carbons (Fsp3) is 0.500. The first-order chi connectivity index (χ1) is 10.6. The van der Waals surface area contributed by atoms with Crippen molar-refractivity contribution >= 4 is 17.5 Å². The molecule has 3 rings (SSSR count). The Hall–Kier alpha value is -1.95. The molecular weight excluding hydrogens is 287 g/mol. The van der Waals surface area contributed by atoms with Gasteiger partial charge in [0.2, 0.25) is 11.8 Å². The number of nitrogens with one attached hydrogen (secondary N) is 1. The van der Waals surface area contributed by atoms with Gasteiger partial charge in [-0.1, -0.05) is 0 Å². The summed E-state index contributed by atoms with van der Waals surface area (Å²) in [7, 11) is 0. The summed E-state index contributed by atoms with van der Waals surface area (Å²) in [5.74, 6) is -0.933. The van der Waals surface area contributed by atoms with Gasteiger partial charge in [0.05, 0.1) is 12.0 Å². The molecule has 5 nitrogen and oxygen atoms in total. The predicted molar refractivity (Wildman–Crippen MR) is 78.8 cm³/mol. The molecule has 2 aliphatic heterocycles. The van der Waals surface area contributed by atoms with E-state index in [1.54, 1.807) is 12.1 Å². The van der Waals surface area contributed by atoms with Crippen LogP contribution in [0, 0.1) is 11.7 Å². The van der Waals surface area contributed by atoms with Crippen LogP contribution < -0.4 is 10.2 Å². The fourth-order valence-electron chi connectivity index (χ4n) is 2.92. The van der Waals surface area contributed by atoms with E-state index in [1.807, 2.05) is 0 Å². The second-order valence-corrected chi connectivity index (χ2v) is 5.76. The van der Waals surface area contributed by atoms with Crippen LogP contribution in [0.3, 0.4) is 0 Å². The predicted octanol–water partition coefficient (Wildman–Crippen LogP) is 1.47. The molecule has 0 saturated carbocycles. The van der Waals surface area contributed by atoms with Gasteiger partial charge in [-0.05, 0) is 37.1 Å². The molecule has 0 radical (unpaired) electrons. The van der Waals surface area contributed by atoms with Crippen molar-refractivity contribution in [3.05, 3.63) is 30.1 Å². The van der Waals surface area contributed by atoms with Crippen LogP contribution in [0.4, 0.5) is 10.1 Å². The number of carbonyl (C=O) groups excluding carboxylic acids is 2. The van der Waals surface area contributed by atoms with E-state index in [1.165, 1.54) is 17.0 Å². The summed E-state index contributed by atoms with van der Waals surface area (Å²) in [5, 5.41) is 2.87. The topological polar surface area (TPSA) is 58.6 Å². The summed E-state index contributed by atoms with van der Waals surface area (Å²) >= 11 is 0. The van der Waals surface area contributed by atoms with Crippen molar-refractivity contribution in [2.24, 2.45) is 5.92 Å². The number of hydrogen-bond donors (Lipinski definition) is 1.